The number of nitriles is 1. The molecule has 1 aliphatic heterocycles. The van der Waals surface area contributed by atoms with Crippen LogP contribution in [-0.4, -0.2) is 10.7 Å². The number of furan rings is 1. The summed E-state index contributed by atoms with van der Waals surface area (Å²) in [7, 11) is 0. The minimum Gasteiger partial charge on any atom is -0.460 e. The van der Waals surface area contributed by atoms with Crippen LogP contribution in [0.5, 0.6) is 0 Å². The largest absolute Gasteiger partial charge is 0.460 e. The summed E-state index contributed by atoms with van der Waals surface area (Å²) in [6, 6.07) is 9.26. The van der Waals surface area contributed by atoms with Gasteiger partial charge in [-0.05, 0) is 23.6 Å². The van der Waals surface area contributed by atoms with Crippen molar-refractivity contribution < 1.29 is 18.9 Å². The standard InChI is InChI=1S/C22H18ClN3O5/c1-22(2)8-15(27)20-18(9-22)31-21(25)13(10-24)19(20)17-6-5-16(30-17)12-7-11(26(28)29)3-4-14(12)23/h3-7,19H,8-9,25H2,1-2H3/t19-/m1/s1. The average Bonchev–Trinajstić information content (AvgIpc) is 3.15. The first-order chi connectivity index (χ1) is 14.6. The molecule has 0 saturated carbocycles. The molecule has 0 bridgehead atoms. The molecule has 2 N–H and O–H groups in total. The number of halogens is 1. The number of ketones is 1. The summed E-state index contributed by atoms with van der Waals surface area (Å²) in [6.07, 6.45) is 0.794. The number of carbonyl (C=O) groups is 1. The SMILES string of the molecule is CC1(C)CC(=O)C2=C(C1)OC(N)=C(C#N)[C@@H]2c1ccc(-c2cc([N+](=O)[O-])ccc2Cl)o1. The van der Waals surface area contributed by atoms with Gasteiger partial charge in [-0.2, -0.15) is 5.26 Å². The van der Waals surface area contributed by atoms with Crippen LogP contribution >= 0.6 is 11.6 Å². The quantitative estimate of drug-likeness (QED) is 0.527. The topological polar surface area (TPSA) is 132 Å². The van der Waals surface area contributed by atoms with E-state index in [1.807, 2.05) is 19.9 Å². The number of allylic oxidation sites excluding steroid dienone is 3. The Labute approximate surface area is 182 Å². The number of ether oxygens (including phenoxy) is 1. The molecule has 2 aromatic rings. The van der Waals surface area contributed by atoms with Crippen molar-refractivity contribution in [3.05, 3.63) is 74.0 Å². The van der Waals surface area contributed by atoms with E-state index in [1.165, 1.54) is 18.2 Å². The first-order valence-electron chi connectivity index (χ1n) is 9.49. The molecule has 0 saturated heterocycles. The average molecular weight is 440 g/mol. The van der Waals surface area contributed by atoms with Crippen LogP contribution in [-0.2, 0) is 9.53 Å². The zero-order chi connectivity index (χ0) is 22.5. The fourth-order valence-electron chi connectivity index (χ4n) is 4.04. The van der Waals surface area contributed by atoms with Crippen LogP contribution < -0.4 is 5.73 Å². The fourth-order valence-corrected chi connectivity index (χ4v) is 4.25. The number of hydrogen-bond donors (Lipinski definition) is 1. The number of nitro benzene ring substituents is 1. The summed E-state index contributed by atoms with van der Waals surface area (Å²) in [6.45, 7) is 3.92. The van der Waals surface area contributed by atoms with Gasteiger partial charge < -0.3 is 14.9 Å². The van der Waals surface area contributed by atoms with Crippen LogP contribution in [0.3, 0.4) is 0 Å². The molecular weight excluding hydrogens is 422 g/mol. The van der Waals surface area contributed by atoms with E-state index in [0.29, 0.717) is 35.5 Å². The van der Waals surface area contributed by atoms with Crippen molar-refractivity contribution in [2.75, 3.05) is 0 Å². The van der Waals surface area contributed by atoms with Crippen molar-refractivity contribution >= 4 is 23.1 Å². The Bertz CT molecular complexity index is 1230. The van der Waals surface area contributed by atoms with Gasteiger partial charge in [0.1, 0.15) is 28.9 Å². The minimum atomic E-state index is -0.816. The highest BCUT2D eigenvalue weighted by molar-refractivity contribution is 6.33. The third-order valence-electron chi connectivity index (χ3n) is 5.41. The van der Waals surface area contributed by atoms with Crippen LogP contribution in [0.25, 0.3) is 11.3 Å². The van der Waals surface area contributed by atoms with E-state index >= 15 is 0 Å². The highest BCUT2D eigenvalue weighted by Gasteiger charge is 2.44. The molecule has 31 heavy (non-hydrogen) atoms. The van der Waals surface area contributed by atoms with Gasteiger partial charge in [0.05, 0.1) is 15.9 Å². The monoisotopic (exact) mass is 439 g/mol. The van der Waals surface area contributed by atoms with Crippen LogP contribution in [0, 0.1) is 26.9 Å². The van der Waals surface area contributed by atoms with Gasteiger partial charge in [-0.15, -0.1) is 0 Å². The summed E-state index contributed by atoms with van der Waals surface area (Å²) in [5.74, 6) is 0.00119. The molecule has 2 heterocycles. The zero-order valence-electron chi connectivity index (χ0n) is 16.8. The molecule has 1 aromatic heterocycles. The Morgan fingerprint density at radius 2 is 2.03 bits per heavy atom. The summed E-state index contributed by atoms with van der Waals surface area (Å²) in [5, 5.41) is 21.1. The van der Waals surface area contributed by atoms with Gasteiger partial charge in [0.2, 0.25) is 5.88 Å². The van der Waals surface area contributed by atoms with Gasteiger partial charge >= 0.3 is 0 Å². The highest BCUT2D eigenvalue weighted by Crippen LogP contribution is 2.48. The molecule has 1 atom stereocenters. The molecule has 0 radical (unpaired) electrons. The normalized spacial score (nSPS) is 20.2. The molecule has 0 unspecified atom stereocenters. The number of nitrogens with zero attached hydrogens (tertiary/aromatic N) is 2. The van der Waals surface area contributed by atoms with Crippen LogP contribution in [0.1, 0.15) is 38.4 Å². The van der Waals surface area contributed by atoms with E-state index in [0.717, 1.165) is 0 Å². The lowest BCUT2D eigenvalue weighted by molar-refractivity contribution is -0.384. The lowest BCUT2D eigenvalue weighted by atomic mass is 9.71. The Morgan fingerprint density at radius 3 is 2.71 bits per heavy atom. The summed E-state index contributed by atoms with van der Waals surface area (Å²) >= 11 is 6.23. The minimum absolute atomic E-state index is 0.0666. The highest BCUT2D eigenvalue weighted by atomic mass is 35.5. The first kappa shape index (κ1) is 20.7. The molecule has 9 heteroatoms. The van der Waals surface area contributed by atoms with Gasteiger partial charge in [0.15, 0.2) is 5.78 Å². The Hall–Kier alpha value is -3.57. The van der Waals surface area contributed by atoms with Crippen molar-refractivity contribution in [1.82, 2.24) is 0 Å². The number of non-ortho nitro benzene ring substituents is 1. The van der Waals surface area contributed by atoms with E-state index in [2.05, 4.69) is 0 Å². The summed E-state index contributed by atoms with van der Waals surface area (Å²) in [5.41, 5.74) is 6.34. The van der Waals surface area contributed by atoms with Gasteiger partial charge in [0, 0.05) is 36.1 Å². The predicted octanol–water partition coefficient (Wildman–Crippen LogP) is 4.96. The molecule has 4 rings (SSSR count). The fraction of sp³-hybridized carbons (Fsp3) is 0.273. The maximum absolute atomic E-state index is 13.0. The van der Waals surface area contributed by atoms with Gasteiger partial charge in [0.25, 0.3) is 5.69 Å². The summed E-state index contributed by atoms with van der Waals surface area (Å²) < 4.78 is 11.6. The smallest absolute Gasteiger partial charge is 0.270 e. The molecule has 0 fully saturated rings. The molecule has 2 aliphatic rings. The second-order valence-corrected chi connectivity index (χ2v) is 8.73. The zero-order valence-corrected chi connectivity index (χ0v) is 17.5. The second kappa shape index (κ2) is 7.29. The maximum Gasteiger partial charge on any atom is 0.270 e. The maximum atomic E-state index is 13.0. The van der Waals surface area contributed by atoms with E-state index in [1.54, 1.807) is 12.1 Å². The van der Waals surface area contributed by atoms with Gasteiger partial charge in [-0.3, -0.25) is 14.9 Å². The number of carbonyl (C=O) groups excluding carboxylic acids is 1. The number of nitrogens with two attached hydrogens (primary N) is 1. The molecule has 158 valence electrons. The molecule has 1 aromatic carbocycles. The van der Waals surface area contributed by atoms with Crippen molar-refractivity contribution in [2.24, 2.45) is 11.1 Å². The molecule has 1 aliphatic carbocycles. The van der Waals surface area contributed by atoms with Crippen molar-refractivity contribution in [1.29, 1.82) is 5.26 Å². The third kappa shape index (κ3) is 3.57. The summed E-state index contributed by atoms with van der Waals surface area (Å²) in [4.78, 5) is 23.6. The van der Waals surface area contributed by atoms with E-state index < -0.39 is 10.8 Å². The number of Topliss-reactive ketones (excluding diaryl/α,β-unsaturated/α-hetero) is 1. The van der Waals surface area contributed by atoms with Crippen molar-refractivity contribution in [3.63, 3.8) is 0 Å². The van der Waals surface area contributed by atoms with E-state index in [9.17, 15) is 20.2 Å². The Balaban J connectivity index is 1.83. The van der Waals surface area contributed by atoms with E-state index in [4.69, 9.17) is 26.5 Å². The van der Waals surface area contributed by atoms with Crippen molar-refractivity contribution in [3.8, 4) is 17.4 Å². The first-order valence-corrected chi connectivity index (χ1v) is 9.87. The molecule has 0 spiro atoms. The van der Waals surface area contributed by atoms with Crippen LogP contribution in [0.4, 0.5) is 5.69 Å². The number of benzene rings is 1. The molecular formula is C22H18ClN3O5. The predicted molar refractivity (Wildman–Crippen MR) is 112 cm³/mol. The number of nitro groups is 1. The Morgan fingerprint density at radius 1 is 1.29 bits per heavy atom. The van der Waals surface area contributed by atoms with E-state index in [-0.39, 0.29) is 39.1 Å². The number of hydrogen-bond acceptors (Lipinski definition) is 7. The van der Waals surface area contributed by atoms with Gasteiger partial charge in [-0.1, -0.05) is 25.4 Å². The Kier molecular flexibility index (Phi) is 4.86. The molecule has 0 amide bonds. The van der Waals surface area contributed by atoms with Crippen LogP contribution in [0.2, 0.25) is 5.02 Å². The lowest BCUT2D eigenvalue weighted by Gasteiger charge is -2.36. The van der Waals surface area contributed by atoms with Crippen LogP contribution in [0.15, 0.2) is 57.5 Å². The number of rotatable bonds is 3. The lowest BCUT2D eigenvalue weighted by Crippen LogP contribution is -2.33. The third-order valence-corrected chi connectivity index (χ3v) is 5.74. The van der Waals surface area contributed by atoms with Crippen molar-refractivity contribution in [2.45, 2.75) is 32.6 Å². The van der Waals surface area contributed by atoms with Gasteiger partial charge in [-0.25, -0.2) is 0 Å². The molecule has 8 nitrogen and oxygen atoms in total. The second-order valence-electron chi connectivity index (χ2n) is 8.33.